The molecule has 1 atom stereocenters. The third kappa shape index (κ3) is 3.60. The Bertz CT molecular complexity index is 595. The number of benzene rings is 2. The summed E-state index contributed by atoms with van der Waals surface area (Å²) in [6.45, 7) is 4.71. The predicted molar refractivity (Wildman–Crippen MR) is 85.8 cm³/mol. The van der Waals surface area contributed by atoms with E-state index in [0.717, 1.165) is 27.7 Å². The highest BCUT2D eigenvalue weighted by Gasteiger charge is 2.17. The van der Waals surface area contributed by atoms with E-state index in [4.69, 9.17) is 11.6 Å². The predicted octanol–water partition coefficient (Wildman–Crippen LogP) is 5.25. The van der Waals surface area contributed by atoms with Crippen LogP contribution in [-0.4, -0.2) is 6.54 Å². The number of nitrogens with one attached hydrogen (secondary N) is 1. The van der Waals surface area contributed by atoms with Gasteiger partial charge < -0.3 is 5.32 Å². The third-order valence-corrected chi connectivity index (χ3v) is 4.00. The highest BCUT2D eigenvalue weighted by atomic mass is 79.9. The molecule has 0 bridgehead atoms. The van der Waals surface area contributed by atoms with Crippen LogP contribution in [0.15, 0.2) is 40.9 Å². The molecule has 20 heavy (non-hydrogen) atoms. The largest absolute Gasteiger partial charge is 0.306 e. The quantitative estimate of drug-likeness (QED) is 0.789. The minimum absolute atomic E-state index is 0.0685. The zero-order valence-electron chi connectivity index (χ0n) is 11.4. The normalized spacial score (nSPS) is 12.4. The van der Waals surface area contributed by atoms with Crippen LogP contribution in [0, 0.1) is 12.7 Å². The van der Waals surface area contributed by atoms with Crippen molar-refractivity contribution in [2.24, 2.45) is 0 Å². The van der Waals surface area contributed by atoms with Crippen LogP contribution in [0.4, 0.5) is 4.39 Å². The lowest BCUT2D eigenvalue weighted by Crippen LogP contribution is -2.22. The highest BCUT2D eigenvalue weighted by molar-refractivity contribution is 9.10. The van der Waals surface area contributed by atoms with Gasteiger partial charge in [0.25, 0.3) is 0 Å². The maximum atomic E-state index is 13.6. The first-order valence-corrected chi connectivity index (χ1v) is 7.63. The summed E-state index contributed by atoms with van der Waals surface area (Å²) < 4.78 is 14.6. The van der Waals surface area contributed by atoms with E-state index in [9.17, 15) is 4.39 Å². The molecule has 0 fully saturated rings. The van der Waals surface area contributed by atoms with Crippen molar-refractivity contribution in [2.75, 3.05) is 6.54 Å². The van der Waals surface area contributed by atoms with Gasteiger partial charge in [-0.25, -0.2) is 4.39 Å². The Balaban J connectivity index is 2.49. The zero-order chi connectivity index (χ0) is 14.7. The molecule has 0 aliphatic heterocycles. The Morgan fingerprint density at radius 1 is 1.25 bits per heavy atom. The molecular weight excluding hydrogens is 341 g/mol. The van der Waals surface area contributed by atoms with E-state index in [2.05, 4.69) is 21.2 Å². The Hall–Kier alpha value is -0.900. The van der Waals surface area contributed by atoms with E-state index < -0.39 is 0 Å². The topological polar surface area (TPSA) is 12.0 Å². The lowest BCUT2D eigenvalue weighted by atomic mass is 9.97. The van der Waals surface area contributed by atoms with Crippen molar-refractivity contribution in [1.82, 2.24) is 5.32 Å². The van der Waals surface area contributed by atoms with E-state index in [1.165, 1.54) is 6.07 Å². The number of halogens is 3. The van der Waals surface area contributed by atoms with E-state index in [-0.39, 0.29) is 11.9 Å². The van der Waals surface area contributed by atoms with Crippen molar-refractivity contribution in [2.45, 2.75) is 19.9 Å². The first-order valence-electron chi connectivity index (χ1n) is 6.46. The van der Waals surface area contributed by atoms with E-state index in [1.54, 1.807) is 6.07 Å². The van der Waals surface area contributed by atoms with Crippen molar-refractivity contribution < 1.29 is 4.39 Å². The Morgan fingerprint density at radius 2 is 2.00 bits per heavy atom. The molecule has 1 nitrogen and oxygen atoms in total. The SMILES string of the molecule is CCNC(c1cc(C)cc(F)c1)c1ccc(Cl)cc1Br. The smallest absolute Gasteiger partial charge is 0.123 e. The zero-order valence-corrected chi connectivity index (χ0v) is 13.7. The van der Waals surface area contributed by atoms with E-state index in [0.29, 0.717) is 5.02 Å². The molecule has 4 heteroatoms. The molecule has 0 aliphatic rings. The Labute approximate surface area is 132 Å². The van der Waals surface area contributed by atoms with Gasteiger partial charge in [-0.2, -0.15) is 0 Å². The average molecular weight is 357 g/mol. The molecule has 0 aromatic heterocycles. The molecule has 2 aromatic rings. The number of hydrogen-bond acceptors (Lipinski definition) is 1. The van der Waals surface area contributed by atoms with Crippen molar-refractivity contribution >= 4 is 27.5 Å². The van der Waals surface area contributed by atoms with Crippen LogP contribution in [-0.2, 0) is 0 Å². The monoisotopic (exact) mass is 355 g/mol. The Morgan fingerprint density at radius 3 is 2.60 bits per heavy atom. The second-order valence-electron chi connectivity index (χ2n) is 4.72. The van der Waals surface area contributed by atoms with Crippen LogP contribution in [0.5, 0.6) is 0 Å². The summed E-state index contributed by atoms with van der Waals surface area (Å²) in [6.07, 6.45) is 0. The van der Waals surface area contributed by atoms with Gasteiger partial charge in [-0.05, 0) is 54.4 Å². The number of aryl methyl sites for hydroxylation is 1. The second-order valence-corrected chi connectivity index (χ2v) is 6.01. The fraction of sp³-hybridized carbons (Fsp3) is 0.250. The molecule has 1 unspecified atom stereocenters. The fourth-order valence-corrected chi connectivity index (χ4v) is 3.19. The molecular formula is C16H16BrClFN. The minimum Gasteiger partial charge on any atom is -0.306 e. The van der Waals surface area contributed by atoms with Gasteiger partial charge >= 0.3 is 0 Å². The van der Waals surface area contributed by atoms with E-state index >= 15 is 0 Å². The standard InChI is InChI=1S/C16H16BrClFN/c1-3-20-16(11-6-10(2)7-13(19)8-11)14-5-4-12(18)9-15(14)17/h4-9,16,20H,3H2,1-2H3. The maximum absolute atomic E-state index is 13.6. The Kier molecular flexibility index (Phi) is 5.19. The highest BCUT2D eigenvalue weighted by Crippen LogP contribution is 2.31. The number of rotatable bonds is 4. The van der Waals surface area contributed by atoms with Crippen LogP contribution in [0.25, 0.3) is 0 Å². The summed E-state index contributed by atoms with van der Waals surface area (Å²) in [4.78, 5) is 0. The van der Waals surface area contributed by atoms with Gasteiger partial charge in [-0.1, -0.05) is 46.6 Å². The van der Waals surface area contributed by atoms with Crippen molar-refractivity contribution in [3.8, 4) is 0 Å². The molecule has 0 aliphatic carbocycles. The van der Waals surface area contributed by atoms with Gasteiger partial charge in [-0.3, -0.25) is 0 Å². The fourth-order valence-electron chi connectivity index (χ4n) is 2.28. The molecule has 0 amide bonds. The van der Waals surface area contributed by atoms with Crippen LogP contribution >= 0.6 is 27.5 Å². The minimum atomic E-state index is -0.215. The lowest BCUT2D eigenvalue weighted by molar-refractivity contribution is 0.601. The van der Waals surface area contributed by atoms with Crippen LogP contribution in [0.1, 0.15) is 29.7 Å². The van der Waals surface area contributed by atoms with Gasteiger partial charge in [0.2, 0.25) is 0 Å². The molecule has 0 saturated heterocycles. The summed E-state index contributed by atoms with van der Waals surface area (Å²) in [5.41, 5.74) is 2.86. The molecule has 106 valence electrons. The molecule has 0 heterocycles. The van der Waals surface area contributed by atoms with Crippen molar-refractivity contribution in [1.29, 1.82) is 0 Å². The van der Waals surface area contributed by atoms with E-state index in [1.807, 2.05) is 38.1 Å². The molecule has 0 spiro atoms. The molecule has 0 saturated carbocycles. The van der Waals surface area contributed by atoms with Gasteiger partial charge in [0.15, 0.2) is 0 Å². The maximum Gasteiger partial charge on any atom is 0.123 e. The van der Waals surface area contributed by atoms with Gasteiger partial charge in [-0.15, -0.1) is 0 Å². The molecule has 2 aromatic carbocycles. The first kappa shape index (κ1) is 15.5. The molecule has 1 N–H and O–H groups in total. The second kappa shape index (κ2) is 6.70. The summed E-state index contributed by atoms with van der Waals surface area (Å²) in [5.74, 6) is -0.215. The summed E-state index contributed by atoms with van der Waals surface area (Å²) >= 11 is 9.52. The van der Waals surface area contributed by atoms with Crippen LogP contribution in [0.2, 0.25) is 5.02 Å². The van der Waals surface area contributed by atoms with Crippen LogP contribution in [0.3, 0.4) is 0 Å². The average Bonchev–Trinajstić information content (AvgIpc) is 2.35. The summed E-state index contributed by atoms with van der Waals surface area (Å²) in [6, 6.07) is 10.7. The molecule has 0 radical (unpaired) electrons. The van der Waals surface area contributed by atoms with Gasteiger partial charge in [0.05, 0.1) is 6.04 Å². The van der Waals surface area contributed by atoms with Crippen molar-refractivity contribution in [3.05, 3.63) is 68.4 Å². The molecule has 2 rings (SSSR count). The third-order valence-electron chi connectivity index (χ3n) is 3.08. The van der Waals surface area contributed by atoms with Crippen molar-refractivity contribution in [3.63, 3.8) is 0 Å². The van der Waals surface area contributed by atoms with Gasteiger partial charge in [0.1, 0.15) is 5.82 Å². The van der Waals surface area contributed by atoms with Crippen LogP contribution < -0.4 is 5.32 Å². The lowest BCUT2D eigenvalue weighted by Gasteiger charge is -2.21. The van der Waals surface area contributed by atoms with Gasteiger partial charge in [0, 0.05) is 9.50 Å². The summed E-state index contributed by atoms with van der Waals surface area (Å²) in [5, 5.41) is 4.06. The summed E-state index contributed by atoms with van der Waals surface area (Å²) in [7, 11) is 0. The number of hydrogen-bond donors (Lipinski definition) is 1. The first-order chi connectivity index (χ1) is 9.51.